The lowest BCUT2D eigenvalue weighted by molar-refractivity contribution is 0.683. The van der Waals surface area contributed by atoms with Crippen LogP contribution in [0, 0.1) is 0 Å². The Morgan fingerprint density at radius 1 is 1.33 bits per heavy atom. The van der Waals surface area contributed by atoms with Crippen LogP contribution >= 0.6 is 22.7 Å². The lowest BCUT2D eigenvalue weighted by atomic mass is 10.3. The molecule has 1 unspecified atom stereocenters. The molecule has 3 N–H and O–H groups in total. The van der Waals surface area contributed by atoms with Crippen molar-refractivity contribution in [2.75, 3.05) is 0 Å². The van der Waals surface area contributed by atoms with Crippen LogP contribution in [0.25, 0.3) is 0 Å². The van der Waals surface area contributed by atoms with Crippen molar-refractivity contribution < 1.29 is 0 Å². The zero-order chi connectivity index (χ0) is 13.0. The van der Waals surface area contributed by atoms with Crippen LogP contribution in [0.2, 0.25) is 0 Å². The number of hydrogen-bond donors (Lipinski definition) is 2. The molecule has 0 radical (unpaired) electrons. The average Bonchev–Trinajstić information content (AvgIpc) is 2.97. The highest BCUT2D eigenvalue weighted by Crippen LogP contribution is 2.18. The van der Waals surface area contributed by atoms with Gasteiger partial charge in [0.15, 0.2) is 0 Å². The molecule has 0 aliphatic heterocycles. The van der Waals surface area contributed by atoms with Gasteiger partial charge in [-0.2, -0.15) is 0 Å². The number of nitrogens with one attached hydrogen (secondary N) is 1. The number of nitrogens with zero attached hydrogens (tertiary/aromatic N) is 1. The van der Waals surface area contributed by atoms with Crippen LogP contribution in [0.15, 0.2) is 17.5 Å². The van der Waals surface area contributed by atoms with Gasteiger partial charge in [-0.1, -0.05) is 6.92 Å². The van der Waals surface area contributed by atoms with Crippen LogP contribution in [-0.4, -0.2) is 4.98 Å². The number of nitrogens with two attached hydrogens (primary N) is 1. The molecular weight excluding hydrogens is 262 g/mol. The molecule has 0 aliphatic carbocycles. The highest BCUT2D eigenvalue weighted by molar-refractivity contribution is 7.12. The predicted octanol–water partition coefficient (Wildman–Crippen LogP) is 3.08. The van der Waals surface area contributed by atoms with Crippen LogP contribution < -0.4 is 11.1 Å². The Morgan fingerprint density at radius 3 is 2.72 bits per heavy atom. The molecule has 2 aromatic heterocycles. The van der Waals surface area contributed by atoms with Crippen molar-refractivity contribution in [3.05, 3.63) is 38.0 Å². The van der Waals surface area contributed by atoms with Gasteiger partial charge >= 0.3 is 0 Å². The smallest absolute Gasteiger partial charge is 0.109 e. The summed E-state index contributed by atoms with van der Waals surface area (Å²) in [6.07, 6.45) is 1.12. The second-order valence-electron chi connectivity index (χ2n) is 4.29. The van der Waals surface area contributed by atoms with Gasteiger partial charge in [0.25, 0.3) is 0 Å². The Kier molecular flexibility index (Phi) is 4.88. The first-order valence-corrected chi connectivity index (χ1v) is 7.87. The first-order valence-electron chi connectivity index (χ1n) is 6.17. The van der Waals surface area contributed by atoms with E-state index in [2.05, 4.69) is 34.7 Å². The van der Waals surface area contributed by atoms with Gasteiger partial charge in [-0.15, -0.1) is 22.7 Å². The first kappa shape index (κ1) is 13.7. The van der Waals surface area contributed by atoms with Crippen molar-refractivity contribution >= 4 is 22.7 Å². The summed E-state index contributed by atoms with van der Waals surface area (Å²) in [6, 6.07) is 4.44. The van der Waals surface area contributed by atoms with Gasteiger partial charge in [0.05, 0.1) is 11.7 Å². The lowest BCUT2D eigenvalue weighted by Gasteiger charge is -2.00. The minimum absolute atomic E-state index is 0.0353. The summed E-state index contributed by atoms with van der Waals surface area (Å²) in [7, 11) is 0. The van der Waals surface area contributed by atoms with Gasteiger partial charge in [0, 0.05) is 28.2 Å². The molecule has 0 fully saturated rings. The average molecular weight is 281 g/mol. The summed E-state index contributed by atoms with van der Waals surface area (Å²) in [5.74, 6) is 0. The SMILES string of the molecule is CCc1ccc(CNCc2csc(C(C)N)n2)s1. The number of rotatable bonds is 6. The fourth-order valence-corrected chi connectivity index (χ4v) is 3.34. The summed E-state index contributed by atoms with van der Waals surface area (Å²) in [5.41, 5.74) is 6.88. The van der Waals surface area contributed by atoms with E-state index in [1.54, 1.807) is 11.3 Å². The lowest BCUT2D eigenvalue weighted by Crippen LogP contribution is -2.12. The zero-order valence-corrected chi connectivity index (χ0v) is 12.4. The second-order valence-corrected chi connectivity index (χ2v) is 6.43. The molecule has 0 amide bonds. The summed E-state index contributed by atoms with van der Waals surface area (Å²) in [4.78, 5) is 7.32. The molecule has 0 saturated carbocycles. The van der Waals surface area contributed by atoms with E-state index in [1.165, 1.54) is 9.75 Å². The molecule has 0 aromatic carbocycles. The standard InChI is InChI=1S/C13H19N3S2/c1-3-11-4-5-12(18-11)7-15-6-10-8-17-13(16-10)9(2)14/h4-5,8-9,15H,3,6-7,14H2,1-2H3. The van der Waals surface area contributed by atoms with E-state index in [0.29, 0.717) is 0 Å². The zero-order valence-electron chi connectivity index (χ0n) is 10.8. The fourth-order valence-electron chi connectivity index (χ4n) is 1.63. The Morgan fingerprint density at radius 2 is 2.11 bits per heavy atom. The maximum Gasteiger partial charge on any atom is 0.109 e. The molecule has 0 bridgehead atoms. The molecule has 5 heteroatoms. The topological polar surface area (TPSA) is 50.9 Å². The van der Waals surface area contributed by atoms with Crippen LogP contribution in [-0.2, 0) is 19.5 Å². The molecule has 2 rings (SSSR count). The summed E-state index contributed by atoms with van der Waals surface area (Å²) < 4.78 is 0. The highest BCUT2D eigenvalue weighted by atomic mass is 32.1. The molecule has 18 heavy (non-hydrogen) atoms. The second kappa shape index (κ2) is 6.43. The molecule has 3 nitrogen and oxygen atoms in total. The number of aryl methyl sites for hydroxylation is 1. The first-order chi connectivity index (χ1) is 8.69. The normalized spacial score (nSPS) is 12.8. The monoisotopic (exact) mass is 281 g/mol. The van der Waals surface area contributed by atoms with Gasteiger partial charge in [-0.3, -0.25) is 0 Å². The van der Waals surface area contributed by atoms with Gasteiger partial charge in [0.1, 0.15) is 5.01 Å². The van der Waals surface area contributed by atoms with Crippen molar-refractivity contribution in [2.45, 2.75) is 39.4 Å². The maximum absolute atomic E-state index is 5.79. The van der Waals surface area contributed by atoms with Crippen LogP contribution in [0.4, 0.5) is 0 Å². The van der Waals surface area contributed by atoms with Gasteiger partial charge in [0.2, 0.25) is 0 Å². The van der Waals surface area contributed by atoms with E-state index in [1.807, 2.05) is 18.3 Å². The quantitative estimate of drug-likeness (QED) is 0.855. The van der Waals surface area contributed by atoms with Crippen LogP contribution in [0.1, 0.15) is 40.3 Å². The van der Waals surface area contributed by atoms with Gasteiger partial charge < -0.3 is 11.1 Å². The number of thiophene rings is 1. The Labute approximate surface area is 116 Å². The van der Waals surface area contributed by atoms with E-state index in [0.717, 1.165) is 30.2 Å². The highest BCUT2D eigenvalue weighted by Gasteiger charge is 2.05. The van der Waals surface area contributed by atoms with E-state index in [-0.39, 0.29) is 6.04 Å². The molecule has 0 spiro atoms. The predicted molar refractivity (Wildman–Crippen MR) is 79.0 cm³/mol. The minimum Gasteiger partial charge on any atom is -0.322 e. The molecule has 1 atom stereocenters. The molecule has 2 aromatic rings. The number of hydrogen-bond acceptors (Lipinski definition) is 5. The maximum atomic E-state index is 5.79. The molecule has 0 aliphatic rings. The van der Waals surface area contributed by atoms with E-state index in [9.17, 15) is 0 Å². The summed E-state index contributed by atoms with van der Waals surface area (Å²) >= 11 is 3.52. The van der Waals surface area contributed by atoms with Crippen LogP contribution in [0.5, 0.6) is 0 Å². The number of thiazole rings is 1. The van der Waals surface area contributed by atoms with Crippen molar-refractivity contribution in [1.82, 2.24) is 10.3 Å². The number of aromatic nitrogens is 1. The van der Waals surface area contributed by atoms with Gasteiger partial charge in [-0.25, -0.2) is 4.98 Å². The molecule has 0 saturated heterocycles. The third-order valence-electron chi connectivity index (χ3n) is 2.63. The van der Waals surface area contributed by atoms with Crippen LogP contribution in [0.3, 0.4) is 0 Å². The van der Waals surface area contributed by atoms with Crippen molar-refractivity contribution in [3.8, 4) is 0 Å². The third-order valence-corrected chi connectivity index (χ3v) is 4.95. The van der Waals surface area contributed by atoms with Crippen molar-refractivity contribution in [3.63, 3.8) is 0 Å². The van der Waals surface area contributed by atoms with E-state index in [4.69, 9.17) is 5.73 Å². The summed E-state index contributed by atoms with van der Waals surface area (Å²) in [6.45, 7) is 5.88. The molecular formula is C13H19N3S2. The van der Waals surface area contributed by atoms with Crippen molar-refractivity contribution in [1.29, 1.82) is 0 Å². The Hall–Kier alpha value is -0.750. The Bertz CT molecular complexity index is 488. The molecule has 98 valence electrons. The van der Waals surface area contributed by atoms with Gasteiger partial charge in [-0.05, 0) is 25.5 Å². The largest absolute Gasteiger partial charge is 0.322 e. The minimum atomic E-state index is 0.0353. The summed E-state index contributed by atoms with van der Waals surface area (Å²) in [5, 5.41) is 6.51. The Balaban J connectivity index is 1.80. The third kappa shape index (κ3) is 3.62. The van der Waals surface area contributed by atoms with E-state index < -0.39 is 0 Å². The van der Waals surface area contributed by atoms with E-state index >= 15 is 0 Å². The molecule has 2 heterocycles. The fraction of sp³-hybridized carbons (Fsp3) is 0.462. The van der Waals surface area contributed by atoms with Crippen molar-refractivity contribution in [2.24, 2.45) is 5.73 Å².